The molecule has 0 fully saturated rings. The summed E-state index contributed by atoms with van der Waals surface area (Å²) in [6, 6.07) is 4.87. The fourth-order valence-corrected chi connectivity index (χ4v) is 3.29. The van der Waals surface area contributed by atoms with Gasteiger partial charge in [-0.05, 0) is 17.7 Å². The molecule has 0 aromatic heterocycles. The minimum absolute atomic E-state index is 0.149. The molecule has 0 saturated heterocycles. The lowest BCUT2D eigenvalue weighted by Gasteiger charge is -2.20. The Morgan fingerprint density at radius 3 is 2.63 bits per heavy atom. The van der Waals surface area contributed by atoms with Crippen molar-refractivity contribution in [3.8, 4) is 5.75 Å². The van der Waals surface area contributed by atoms with Crippen LogP contribution in [0.3, 0.4) is 0 Å². The van der Waals surface area contributed by atoms with Crippen LogP contribution in [0.1, 0.15) is 12.5 Å². The monoisotopic (exact) mass is 284 g/mol. The highest BCUT2D eigenvalue weighted by molar-refractivity contribution is 7.89. The van der Waals surface area contributed by atoms with Crippen LogP contribution in [0.4, 0.5) is 0 Å². The molecule has 106 valence electrons. The maximum atomic E-state index is 12.5. The largest absolute Gasteiger partial charge is 0.495 e. The van der Waals surface area contributed by atoms with Crippen molar-refractivity contribution in [3.63, 3.8) is 0 Å². The molecule has 1 aromatic rings. The number of nitrogens with zero attached hydrogens (tertiary/aromatic N) is 1. The number of ether oxygens (including phenoxy) is 1. The van der Waals surface area contributed by atoms with E-state index in [4.69, 9.17) is 10.5 Å². The van der Waals surface area contributed by atoms with Crippen molar-refractivity contribution < 1.29 is 13.2 Å². The van der Waals surface area contributed by atoms with E-state index in [9.17, 15) is 8.42 Å². The first-order chi connectivity index (χ1) is 9.01. The van der Waals surface area contributed by atoms with Gasteiger partial charge in [0.25, 0.3) is 0 Å². The Morgan fingerprint density at radius 1 is 1.47 bits per heavy atom. The third-order valence-electron chi connectivity index (χ3n) is 2.77. The minimum Gasteiger partial charge on any atom is -0.495 e. The summed E-state index contributed by atoms with van der Waals surface area (Å²) in [6.07, 6.45) is 1.56. The molecule has 6 heteroatoms. The molecule has 0 aliphatic rings. The molecule has 0 aliphatic carbocycles. The predicted octanol–water partition coefficient (Wildman–Crippen LogP) is 1.35. The molecular formula is C13H20N2O3S. The summed E-state index contributed by atoms with van der Waals surface area (Å²) < 4.78 is 31.5. The van der Waals surface area contributed by atoms with Crippen LogP contribution in [0.2, 0.25) is 0 Å². The minimum atomic E-state index is -3.58. The van der Waals surface area contributed by atoms with Gasteiger partial charge in [0.2, 0.25) is 10.0 Å². The number of rotatable bonds is 7. The summed E-state index contributed by atoms with van der Waals surface area (Å²) in [7, 11) is -2.14. The zero-order chi connectivity index (χ0) is 14.5. The van der Waals surface area contributed by atoms with Gasteiger partial charge in [-0.15, -0.1) is 6.58 Å². The lowest BCUT2D eigenvalue weighted by atomic mass is 10.2. The Morgan fingerprint density at radius 2 is 2.16 bits per heavy atom. The topological polar surface area (TPSA) is 72.6 Å². The number of nitrogens with two attached hydrogens (primary N) is 1. The summed E-state index contributed by atoms with van der Waals surface area (Å²) in [6.45, 7) is 6.32. The summed E-state index contributed by atoms with van der Waals surface area (Å²) in [5.74, 6) is 0.311. The van der Waals surface area contributed by atoms with Gasteiger partial charge >= 0.3 is 0 Å². The van der Waals surface area contributed by atoms with Crippen molar-refractivity contribution in [2.75, 3.05) is 20.2 Å². The van der Waals surface area contributed by atoms with Crippen LogP contribution in [0.15, 0.2) is 35.7 Å². The van der Waals surface area contributed by atoms with Crippen LogP contribution in [0.5, 0.6) is 5.75 Å². The molecule has 2 N–H and O–H groups in total. The summed E-state index contributed by atoms with van der Waals surface area (Å²) in [4.78, 5) is 0.149. The fourth-order valence-electron chi connectivity index (χ4n) is 1.73. The standard InChI is InChI=1S/C13H20N2O3S/c1-4-8-15(5-2)19(16,17)13-7-6-11(10-14)9-12(13)18-3/h4,6-7,9H,1,5,8,10,14H2,2-3H3. The number of benzene rings is 1. The summed E-state index contributed by atoms with van der Waals surface area (Å²) >= 11 is 0. The molecular weight excluding hydrogens is 264 g/mol. The van der Waals surface area contributed by atoms with Crippen molar-refractivity contribution in [1.82, 2.24) is 4.31 Å². The number of hydrogen-bond donors (Lipinski definition) is 1. The Hall–Kier alpha value is -1.37. The van der Waals surface area contributed by atoms with Gasteiger partial charge in [-0.25, -0.2) is 8.42 Å². The molecule has 0 bridgehead atoms. The molecule has 5 nitrogen and oxygen atoms in total. The lowest BCUT2D eigenvalue weighted by Crippen LogP contribution is -2.31. The van der Waals surface area contributed by atoms with Crippen LogP contribution < -0.4 is 10.5 Å². The molecule has 0 amide bonds. The van der Waals surface area contributed by atoms with E-state index < -0.39 is 10.0 Å². The van der Waals surface area contributed by atoms with E-state index >= 15 is 0 Å². The van der Waals surface area contributed by atoms with E-state index in [1.807, 2.05) is 0 Å². The summed E-state index contributed by atoms with van der Waals surface area (Å²) in [5.41, 5.74) is 6.36. The zero-order valence-electron chi connectivity index (χ0n) is 11.3. The molecule has 0 heterocycles. The molecule has 1 aromatic carbocycles. The van der Waals surface area contributed by atoms with E-state index in [1.54, 1.807) is 25.1 Å². The van der Waals surface area contributed by atoms with Crippen molar-refractivity contribution in [2.45, 2.75) is 18.4 Å². The first-order valence-corrected chi connectivity index (χ1v) is 7.43. The summed E-state index contributed by atoms with van der Waals surface area (Å²) in [5, 5.41) is 0. The van der Waals surface area contributed by atoms with E-state index in [0.29, 0.717) is 18.8 Å². The lowest BCUT2D eigenvalue weighted by molar-refractivity contribution is 0.396. The van der Waals surface area contributed by atoms with Crippen molar-refractivity contribution >= 4 is 10.0 Å². The number of hydrogen-bond acceptors (Lipinski definition) is 4. The second kappa shape index (κ2) is 6.70. The molecule has 0 unspecified atom stereocenters. The first-order valence-electron chi connectivity index (χ1n) is 5.99. The van der Waals surface area contributed by atoms with Gasteiger partial charge < -0.3 is 10.5 Å². The average molecular weight is 284 g/mol. The Kier molecular flexibility index (Phi) is 5.53. The van der Waals surface area contributed by atoms with E-state index in [1.165, 1.54) is 17.5 Å². The smallest absolute Gasteiger partial charge is 0.247 e. The maximum absolute atomic E-state index is 12.5. The number of methoxy groups -OCH3 is 1. The second-order valence-corrected chi connectivity index (χ2v) is 5.84. The Labute approximate surface area is 114 Å². The molecule has 0 aliphatic heterocycles. The van der Waals surface area contributed by atoms with Crippen LogP contribution in [-0.2, 0) is 16.6 Å². The molecule has 0 saturated carbocycles. The van der Waals surface area contributed by atoms with Gasteiger partial charge in [-0.2, -0.15) is 4.31 Å². The van der Waals surface area contributed by atoms with Crippen LogP contribution in [0, 0.1) is 0 Å². The van der Waals surface area contributed by atoms with E-state index in [-0.39, 0.29) is 11.4 Å². The second-order valence-electron chi connectivity index (χ2n) is 3.93. The molecule has 0 radical (unpaired) electrons. The van der Waals surface area contributed by atoms with Crippen molar-refractivity contribution in [2.24, 2.45) is 5.73 Å². The maximum Gasteiger partial charge on any atom is 0.247 e. The van der Waals surface area contributed by atoms with Crippen molar-refractivity contribution in [1.29, 1.82) is 0 Å². The molecule has 19 heavy (non-hydrogen) atoms. The third-order valence-corrected chi connectivity index (χ3v) is 4.75. The van der Waals surface area contributed by atoms with Gasteiger partial charge in [0.05, 0.1) is 7.11 Å². The van der Waals surface area contributed by atoms with Crippen LogP contribution in [0.25, 0.3) is 0 Å². The predicted molar refractivity (Wildman–Crippen MR) is 75.5 cm³/mol. The highest BCUT2D eigenvalue weighted by atomic mass is 32.2. The van der Waals surface area contributed by atoms with Crippen LogP contribution >= 0.6 is 0 Å². The normalized spacial score (nSPS) is 11.6. The van der Waals surface area contributed by atoms with Crippen LogP contribution in [-0.4, -0.2) is 32.9 Å². The quantitative estimate of drug-likeness (QED) is 0.767. The molecule has 0 atom stereocenters. The van der Waals surface area contributed by atoms with Gasteiger partial charge in [-0.3, -0.25) is 0 Å². The van der Waals surface area contributed by atoms with Gasteiger partial charge in [0.15, 0.2) is 0 Å². The van der Waals surface area contributed by atoms with Gasteiger partial charge in [0, 0.05) is 19.6 Å². The molecule has 0 spiro atoms. The van der Waals surface area contributed by atoms with E-state index in [0.717, 1.165) is 5.56 Å². The average Bonchev–Trinajstić information content (AvgIpc) is 2.43. The SMILES string of the molecule is C=CCN(CC)S(=O)(=O)c1ccc(CN)cc1OC. The van der Waals surface area contributed by atoms with E-state index in [2.05, 4.69) is 6.58 Å². The highest BCUT2D eigenvalue weighted by Crippen LogP contribution is 2.27. The number of sulfonamides is 1. The Bertz CT molecular complexity index is 541. The highest BCUT2D eigenvalue weighted by Gasteiger charge is 2.25. The third kappa shape index (κ3) is 3.34. The van der Waals surface area contributed by atoms with Gasteiger partial charge in [0.1, 0.15) is 10.6 Å². The number of likely N-dealkylation sites (N-methyl/N-ethyl adjacent to an activating group) is 1. The zero-order valence-corrected chi connectivity index (χ0v) is 12.1. The Balaban J connectivity index is 3.30. The van der Waals surface area contributed by atoms with Crippen molar-refractivity contribution in [3.05, 3.63) is 36.4 Å². The fraction of sp³-hybridized carbons (Fsp3) is 0.385. The van der Waals surface area contributed by atoms with Gasteiger partial charge in [-0.1, -0.05) is 19.1 Å². The molecule has 1 rings (SSSR count). The first kappa shape index (κ1) is 15.7.